The summed E-state index contributed by atoms with van der Waals surface area (Å²) >= 11 is 0. The molecule has 0 spiro atoms. The Morgan fingerprint density at radius 3 is 2.48 bits per heavy atom. The van der Waals surface area contributed by atoms with Crippen molar-refractivity contribution in [3.05, 3.63) is 48.0 Å². The molecule has 1 atom stereocenters. The lowest BCUT2D eigenvalue weighted by molar-refractivity contribution is -0.143. The van der Waals surface area contributed by atoms with Crippen LogP contribution in [0.2, 0.25) is 0 Å². The van der Waals surface area contributed by atoms with Gasteiger partial charge in [0.05, 0.1) is 7.11 Å². The first-order chi connectivity index (χ1) is 12.8. The second-order valence-corrected chi connectivity index (χ2v) is 7.35. The molecule has 0 aliphatic rings. The van der Waals surface area contributed by atoms with Gasteiger partial charge >= 0.3 is 12.1 Å². The molecule has 0 aliphatic carbocycles. The number of hydrogen-bond acceptors (Lipinski definition) is 5. The van der Waals surface area contributed by atoms with Gasteiger partial charge in [-0.3, -0.25) is 0 Å². The maximum atomic E-state index is 12.1. The minimum absolute atomic E-state index is 0.263. The summed E-state index contributed by atoms with van der Waals surface area (Å²) < 4.78 is 15.9. The second-order valence-electron chi connectivity index (χ2n) is 7.35. The molecular weight excluding hydrogens is 346 g/mol. The molecule has 1 aromatic heterocycles. The van der Waals surface area contributed by atoms with E-state index in [1.807, 2.05) is 42.5 Å². The Kier molecular flexibility index (Phi) is 5.08. The van der Waals surface area contributed by atoms with Gasteiger partial charge in [0.25, 0.3) is 0 Å². The molecule has 2 aromatic carbocycles. The van der Waals surface area contributed by atoms with Crippen molar-refractivity contribution in [1.29, 1.82) is 0 Å². The van der Waals surface area contributed by atoms with Crippen LogP contribution in [0.1, 0.15) is 26.3 Å². The van der Waals surface area contributed by atoms with Crippen LogP contribution in [0.3, 0.4) is 0 Å². The quantitative estimate of drug-likeness (QED) is 0.698. The SMILES string of the molecule is COC(=O)C(Cc1ccc2c(c1)oc1ccccc12)NC(=O)OC(C)(C)C. The third kappa shape index (κ3) is 4.39. The first kappa shape index (κ1) is 18.8. The average Bonchev–Trinajstić information content (AvgIpc) is 2.96. The van der Waals surface area contributed by atoms with E-state index in [1.165, 1.54) is 7.11 Å². The highest BCUT2D eigenvalue weighted by Crippen LogP contribution is 2.29. The number of para-hydroxylation sites is 1. The summed E-state index contributed by atoms with van der Waals surface area (Å²) in [6, 6.07) is 12.7. The molecule has 0 saturated carbocycles. The summed E-state index contributed by atoms with van der Waals surface area (Å²) in [6.45, 7) is 5.28. The number of methoxy groups -OCH3 is 1. The maximum Gasteiger partial charge on any atom is 0.408 e. The minimum atomic E-state index is -0.855. The Bertz CT molecular complexity index is 983. The summed E-state index contributed by atoms with van der Waals surface area (Å²) in [6.07, 6.45) is -0.401. The molecule has 27 heavy (non-hydrogen) atoms. The molecule has 1 unspecified atom stereocenters. The molecular formula is C21H23NO5. The largest absolute Gasteiger partial charge is 0.467 e. The lowest BCUT2D eigenvalue weighted by Crippen LogP contribution is -2.45. The molecule has 142 valence electrons. The molecule has 1 heterocycles. The van der Waals surface area contributed by atoms with Crippen LogP contribution in [-0.4, -0.2) is 30.8 Å². The average molecular weight is 369 g/mol. The van der Waals surface area contributed by atoms with Crippen molar-refractivity contribution < 1.29 is 23.5 Å². The maximum absolute atomic E-state index is 12.1. The number of rotatable bonds is 4. The van der Waals surface area contributed by atoms with Crippen molar-refractivity contribution in [2.24, 2.45) is 0 Å². The third-order valence-electron chi connectivity index (χ3n) is 4.06. The number of carbonyl (C=O) groups is 2. The number of amides is 1. The van der Waals surface area contributed by atoms with Crippen molar-refractivity contribution >= 4 is 34.0 Å². The summed E-state index contributed by atoms with van der Waals surface area (Å²) in [5.74, 6) is -0.537. The van der Waals surface area contributed by atoms with Crippen LogP contribution in [0.15, 0.2) is 46.9 Å². The van der Waals surface area contributed by atoms with Crippen LogP contribution in [-0.2, 0) is 20.7 Å². The van der Waals surface area contributed by atoms with Crippen molar-refractivity contribution in [3.63, 3.8) is 0 Å². The van der Waals surface area contributed by atoms with E-state index in [1.54, 1.807) is 20.8 Å². The lowest BCUT2D eigenvalue weighted by atomic mass is 10.0. The van der Waals surface area contributed by atoms with Gasteiger partial charge in [-0.2, -0.15) is 0 Å². The topological polar surface area (TPSA) is 77.8 Å². The molecule has 0 bridgehead atoms. The number of benzene rings is 2. The molecule has 0 aliphatic heterocycles. The zero-order valence-electron chi connectivity index (χ0n) is 15.9. The Morgan fingerprint density at radius 2 is 1.78 bits per heavy atom. The highest BCUT2D eigenvalue weighted by molar-refractivity contribution is 6.04. The third-order valence-corrected chi connectivity index (χ3v) is 4.06. The van der Waals surface area contributed by atoms with Crippen LogP contribution in [0, 0.1) is 0 Å². The number of ether oxygens (including phenoxy) is 2. The predicted octanol–water partition coefficient (Wildman–Crippen LogP) is 4.19. The van der Waals surface area contributed by atoms with Crippen molar-refractivity contribution in [3.8, 4) is 0 Å². The summed E-state index contributed by atoms with van der Waals surface area (Å²) in [5.41, 5.74) is 1.72. The van der Waals surface area contributed by atoms with E-state index >= 15 is 0 Å². The summed E-state index contributed by atoms with van der Waals surface area (Å²) in [4.78, 5) is 24.2. The van der Waals surface area contributed by atoms with Gasteiger partial charge in [0.15, 0.2) is 0 Å². The van der Waals surface area contributed by atoms with E-state index in [4.69, 9.17) is 13.9 Å². The fourth-order valence-corrected chi connectivity index (χ4v) is 2.92. The molecule has 6 nitrogen and oxygen atoms in total. The van der Waals surface area contributed by atoms with E-state index in [0.717, 1.165) is 27.5 Å². The van der Waals surface area contributed by atoms with Crippen LogP contribution >= 0.6 is 0 Å². The molecule has 0 fully saturated rings. The van der Waals surface area contributed by atoms with E-state index in [9.17, 15) is 9.59 Å². The fraction of sp³-hybridized carbons (Fsp3) is 0.333. The molecule has 6 heteroatoms. The second kappa shape index (κ2) is 7.31. The Balaban J connectivity index is 1.83. The monoisotopic (exact) mass is 369 g/mol. The Morgan fingerprint density at radius 1 is 1.07 bits per heavy atom. The molecule has 0 radical (unpaired) electrons. The molecule has 0 saturated heterocycles. The molecule has 3 aromatic rings. The number of alkyl carbamates (subject to hydrolysis) is 1. The van der Waals surface area contributed by atoms with Crippen molar-refractivity contribution in [1.82, 2.24) is 5.32 Å². The fourth-order valence-electron chi connectivity index (χ4n) is 2.92. The number of carbonyl (C=O) groups excluding carboxylic acids is 2. The van der Waals surface area contributed by atoms with Gasteiger partial charge in [-0.15, -0.1) is 0 Å². The van der Waals surface area contributed by atoms with Gasteiger partial charge in [0, 0.05) is 17.2 Å². The van der Waals surface area contributed by atoms with Gasteiger partial charge in [-0.1, -0.05) is 30.3 Å². The van der Waals surface area contributed by atoms with Crippen LogP contribution in [0.25, 0.3) is 21.9 Å². The zero-order valence-corrected chi connectivity index (χ0v) is 15.9. The normalized spacial score (nSPS) is 12.7. The number of fused-ring (bicyclic) bond motifs is 3. The van der Waals surface area contributed by atoms with E-state index in [2.05, 4.69) is 5.32 Å². The van der Waals surface area contributed by atoms with Crippen LogP contribution < -0.4 is 5.32 Å². The van der Waals surface area contributed by atoms with Gasteiger partial charge in [0.2, 0.25) is 0 Å². The van der Waals surface area contributed by atoms with Gasteiger partial charge in [0.1, 0.15) is 22.8 Å². The molecule has 1 N–H and O–H groups in total. The van der Waals surface area contributed by atoms with Crippen LogP contribution in [0.5, 0.6) is 0 Å². The van der Waals surface area contributed by atoms with E-state index < -0.39 is 23.7 Å². The first-order valence-corrected chi connectivity index (χ1v) is 8.74. The Hall–Kier alpha value is -3.02. The number of hydrogen-bond donors (Lipinski definition) is 1. The summed E-state index contributed by atoms with van der Waals surface area (Å²) in [7, 11) is 1.29. The van der Waals surface area contributed by atoms with Crippen LogP contribution in [0.4, 0.5) is 4.79 Å². The van der Waals surface area contributed by atoms with E-state index in [0.29, 0.717) is 0 Å². The van der Waals surface area contributed by atoms with Gasteiger partial charge in [-0.05, 0) is 38.5 Å². The highest BCUT2D eigenvalue weighted by atomic mass is 16.6. The molecule has 3 rings (SSSR count). The minimum Gasteiger partial charge on any atom is -0.467 e. The summed E-state index contributed by atoms with van der Waals surface area (Å²) in [5, 5.41) is 4.62. The zero-order chi connectivity index (χ0) is 19.6. The standard InChI is InChI=1S/C21H23NO5/c1-21(2,3)27-20(24)22-16(19(23)25-4)11-13-9-10-15-14-7-5-6-8-17(14)26-18(15)12-13/h5-10,12,16H,11H2,1-4H3,(H,22,24). The van der Waals surface area contributed by atoms with Crippen molar-refractivity contribution in [2.45, 2.75) is 38.8 Å². The number of esters is 1. The lowest BCUT2D eigenvalue weighted by Gasteiger charge is -2.22. The first-order valence-electron chi connectivity index (χ1n) is 8.74. The van der Waals surface area contributed by atoms with Gasteiger partial charge < -0.3 is 19.2 Å². The van der Waals surface area contributed by atoms with Crippen molar-refractivity contribution in [2.75, 3.05) is 7.11 Å². The van der Waals surface area contributed by atoms with Gasteiger partial charge in [-0.25, -0.2) is 9.59 Å². The van der Waals surface area contributed by atoms with E-state index in [-0.39, 0.29) is 6.42 Å². The number of furan rings is 1. The predicted molar refractivity (Wildman–Crippen MR) is 103 cm³/mol. The highest BCUT2D eigenvalue weighted by Gasteiger charge is 2.25. The smallest absolute Gasteiger partial charge is 0.408 e. The molecule has 1 amide bonds. The Labute approximate surface area is 157 Å². The number of nitrogens with one attached hydrogen (secondary N) is 1.